The molecule has 0 unspecified atom stereocenters. The third-order valence-electron chi connectivity index (χ3n) is 7.53. The zero-order chi connectivity index (χ0) is 20.5. The molecule has 0 spiro atoms. The molecular weight excluding hydrogens is 381 g/mol. The molecule has 2 aromatic carbocycles. The van der Waals surface area contributed by atoms with Gasteiger partial charge in [0.2, 0.25) is 0 Å². The summed E-state index contributed by atoms with van der Waals surface area (Å²) in [7, 11) is 0. The Hall–Kier alpha value is -1.77. The van der Waals surface area contributed by atoms with Gasteiger partial charge in [-0.15, -0.1) is 0 Å². The highest BCUT2D eigenvalue weighted by atomic mass is 19.2. The Labute approximate surface area is 181 Å². The van der Waals surface area contributed by atoms with Crippen molar-refractivity contribution in [3.05, 3.63) is 58.9 Å². The number of halogens is 3. The Morgan fingerprint density at radius 3 is 1.97 bits per heavy atom. The summed E-state index contributed by atoms with van der Waals surface area (Å²) in [6.07, 6.45) is 9.46. The lowest BCUT2D eigenvalue weighted by atomic mass is 9.68. The van der Waals surface area contributed by atoms with Crippen molar-refractivity contribution in [2.75, 3.05) is 0 Å². The van der Waals surface area contributed by atoms with E-state index in [1.54, 1.807) is 31.2 Å². The van der Waals surface area contributed by atoms with E-state index >= 15 is 0 Å². The van der Waals surface area contributed by atoms with Gasteiger partial charge in [-0.1, -0.05) is 51.5 Å². The molecular formula is C27H37F3. The lowest BCUT2D eigenvalue weighted by molar-refractivity contribution is 0.164. The Morgan fingerprint density at radius 1 is 0.767 bits per heavy atom. The molecule has 0 radical (unpaired) electrons. The minimum Gasteiger partial charge on any atom is -0.207 e. The number of benzene rings is 2. The van der Waals surface area contributed by atoms with Crippen LogP contribution in [0.4, 0.5) is 13.2 Å². The van der Waals surface area contributed by atoms with Crippen LogP contribution in [0.2, 0.25) is 0 Å². The van der Waals surface area contributed by atoms with Gasteiger partial charge in [0.1, 0.15) is 5.82 Å². The highest BCUT2D eigenvalue weighted by Gasteiger charge is 2.32. The van der Waals surface area contributed by atoms with Gasteiger partial charge >= 0.3 is 0 Å². The summed E-state index contributed by atoms with van der Waals surface area (Å²) >= 11 is 0. The van der Waals surface area contributed by atoms with Crippen LogP contribution < -0.4 is 0 Å². The predicted molar refractivity (Wildman–Crippen MR) is 121 cm³/mol. The van der Waals surface area contributed by atoms with Gasteiger partial charge in [-0.3, -0.25) is 0 Å². The van der Waals surface area contributed by atoms with Crippen molar-refractivity contribution in [3.63, 3.8) is 0 Å². The third-order valence-corrected chi connectivity index (χ3v) is 7.53. The molecule has 4 rings (SSSR count). The van der Waals surface area contributed by atoms with Gasteiger partial charge in [0, 0.05) is 6.99 Å². The van der Waals surface area contributed by atoms with Crippen molar-refractivity contribution in [2.45, 2.75) is 78.6 Å². The molecule has 2 fully saturated rings. The third kappa shape index (κ3) is 4.60. The van der Waals surface area contributed by atoms with Gasteiger partial charge in [-0.05, 0) is 91.9 Å². The first-order chi connectivity index (χ1) is 13.9. The van der Waals surface area contributed by atoms with E-state index < -0.39 is 17.5 Å². The van der Waals surface area contributed by atoms with Crippen LogP contribution in [0.15, 0.2) is 30.3 Å². The number of aryl methyl sites for hydroxylation is 1. The topological polar surface area (TPSA) is 0 Å². The van der Waals surface area contributed by atoms with Crippen molar-refractivity contribution in [3.8, 4) is 11.1 Å². The average molecular weight is 419 g/mol. The average Bonchev–Trinajstić information content (AvgIpc) is 2.73. The van der Waals surface area contributed by atoms with Crippen molar-refractivity contribution >= 4 is 0 Å². The monoisotopic (exact) mass is 418 g/mol. The van der Waals surface area contributed by atoms with Crippen LogP contribution in [0.1, 0.15) is 84.2 Å². The second-order valence-electron chi connectivity index (χ2n) is 9.43. The fourth-order valence-electron chi connectivity index (χ4n) is 5.52. The fraction of sp³-hybridized carbons (Fsp3) is 0.556. The molecule has 2 aliphatic rings. The summed E-state index contributed by atoms with van der Waals surface area (Å²) in [6, 6.07) is 7.86. The van der Waals surface area contributed by atoms with E-state index in [1.807, 2.05) is 0 Å². The van der Waals surface area contributed by atoms with Gasteiger partial charge in [-0.2, -0.15) is 0 Å². The van der Waals surface area contributed by atoms with Crippen LogP contribution in [0, 0.1) is 42.1 Å². The zero-order valence-corrected chi connectivity index (χ0v) is 17.5. The van der Waals surface area contributed by atoms with Crippen LogP contribution in [0.25, 0.3) is 11.1 Å². The van der Waals surface area contributed by atoms with Gasteiger partial charge in [-0.25, -0.2) is 13.2 Å². The van der Waals surface area contributed by atoms with Crippen molar-refractivity contribution in [1.29, 1.82) is 0 Å². The molecule has 0 nitrogen and oxygen atoms in total. The SMILES string of the molecule is C.Cc1ccc(-c2ccc(C3CCC(C4CCC(C)CC4)CC3)c(F)c2F)cc1F.[HH]. The van der Waals surface area contributed by atoms with E-state index in [1.165, 1.54) is 31.7 Å². The summed E-state index contributed by atoms with van der Waals surface area (Å²) in [4.78, 5) is 0. The number of hydrogen-bond acceptors (Lipinski definition) is 0. The van der Waals surface area contributed by atoms with E-state index in [2.05, 4.69) is 6.92 Å². The lowest BCUT2D eigenvalue weighted by Crippen LogP contribution is -2.25. The van der Waals surface area contributed by atoms with Crippen LogP contribution in [0.5, 0.6) is 0 Å². The van der Waals surface area contributed by atoms with Gasteiger partial charge in [0.15, 0.2) is 11.6 Å². The van der Waals surface area contributed by atoms with E-state index in [4.69, 9.17) is 0 Å². The largest absolute Gasteiger partial charge is 0.207 e. The van der Waals surface area contributed by atoms with E-state index in [0.717, 1.165) is 43.4 Å². The molecule has 0 saturated heterocycles. The van der Waals surface area contributed by atoms with Crippen molar-refractivity contribution in [1.82, 2.24) is 0 Å². The molecule has 0 N–H and O–H groups in total. The highest BCUT2D eigenvalue weighted by Crippen LogP contribution is 2.44. The van der Waals surface area contributed by atoms with Gasteiger partial charge < -0.3 is 0 Å². The van der Waals surface area contributed by atoms with Crippen LogP contribution in [0.3, 0.4) is 0 Å². The molecule has 0 atom stereocenters. The first kappa shape index (κ1) is 22.9. The normalized spacial score (nSPS) is 26.8. The van der Waals surface area contributed by atoms with E-state index in [9.17, 15) is 13.2 Å². The molecule has 0 heterocycles. The maximum absolute atomic E-state index is 14.9. The maximum Gasteiger partial charge on any atom is 0.166 e. The lowest BCUT2D eigenvalue weighted by Gasteiger charge is -2.37. The van der Waals surface area contributed by atoms with Gasteiger partial charge in [0.25, 0.3) is 0 Å². The molecule has 2 aliphatic carbocycles. The molecule has 30 heavy (non-hydrogen) atoms. The van der Waals surface area contributed by atoms with Gasteiger partial charge in [0.05, 0.1) is 0 Å². The standard InChI is InChI=1S/C26H31F3.CH4.H2/c1-16-3-6-18(7-4-16)19-9-11-20(12-10-19)22-13-14-23(26(29)25(22)28)21-8-5-17(2)24(27)15-21;;/h5,8,13-16,18-20H,3-4,6-7,9-12H2,1-2H3;1H4;1H. The quantitative estimate of drug-likeness (QED) is 0.466. The maximum atomic E-state index is 14.9. The highest BCUT2D eigenvalue weighted by molar-refractivity contribution is 5.65. The Morgan fingerprint density at radius 2 is 1.37 bits per heavy atom. The van der Waals surface area contributed by atoms with Crippen LogP contribution in [-0.4, -0.2) is 0 Å². The summed E-state index contributed by atoms with van der Waals surface area (Å²) < 4.78 is 43.6. The number of rotatable bonds is 3. The summed E-state index contributed by atoms with van der Waals surface area (Å²) in [5.41, 5.74) is 1.51. The number of hydrogen-bond donors (Lipinski definition) is 0. The van der Waals surface area contributed by atoms with Crippen molar-refractivity contribution < 1.29 is 14.6 Å². The molecule has 0 aromatic heterocycles. The molecule has 0 aliphatic heterocycles. The summed E-state index contributed by atoms with van der Waals surface area (Å²) in [6.45, 7) is 4.00. The molecule has 3 heteroatoms. The first-order valence-corrected chi connectivity index (χ1v) is 11.2. The van der Waals surface area contributed by atoms with Crippen LogP contribution in [-0.2, 0) is 0 Å². The minimum absolute atomic E-state index is 0. The minimum atomic E-state index is -0.853. The second kappa shape index (κ2) is 9.58. The molecule has 2 saturated carbocycles. The zero-order valence-electron chi connectivity index (χ0n) is 17.5. The van der Waals surface area contributed by atoms with Crippen molar-refractivity contribution in [2.24, 2.45) is 17.8 Å². The van der Waals surface area contributed by atoms with E-state index in [0.29, 0.717) is 16.7 Å². The Balaban J connectivity index is 0.00000171. The molecule has 2 aromatic rings. The Kier molecular flexibility index (Phi) is 7.31. The van der Waals surface area contributed by atoms with Crippen LogP contribution >= 0.6 is 0 Å². The Bertz CT molecular complexity index is 863. The summed E-state index contributed by atoms with van der Waals surface area (Å²) in [5.74, 6) is 0.524. The second-order valence-corrected chi connectivity index (χ2v) is 9.43. The fourth-order valence-corrected chi connectivity index (χ4v) is 5.52. The molecule has 0 bridgehead atoms. The molecule has 0 amide bonds. The predicted octanol–water partition coefficient (Wildman–Crippen LogP) is 9.06. The molecule has 166 valence electrons. The van der Waals surface area contributed by atoms with E-state index in [-0.39, 0.29) is 20.3 Å². The smallest absolute Gasteiger partial charge is 0.166 e. The summed E-state index contributed by atoms with van der Waals surface area (Å²) in [5, 5.41) is 0. The first-order valence-electron chi connectivity index (χ1n) is 11.2.